The maximum atomic E-state index is 12.7. The molecule has 0 radical (unpaired) electrons. The van der Waals surface area contributed by atoms with Crippen LogP contribution in [0.1, 0.15) is 70.2 Å². The summed E-state index contributed by atoms with van der Waals surface area (Å²) in [6.45, 7) is 8.10. The molecular formula is C29H37F7N2O5. The van der Waals surface area contributed by atoms with E-state index in [-0.39, 0.29) is 13.2 Å². The van der Waals surface area contributed by atoms with Gasteiger partial charge in [-0.1, -0.05) is 7.43 Å². The van der Waals surface area contributed by atoms with Crippen LogP contribution >= 0.6 is 0 Å². The molecule has 43 heavy (non-hydrogen) atoms. The normalized spacial score (nSPS) is 15.1. The Kier molecular flexibility index (Phi) is 19.1. The van der Waals surface area contributed by atoms with Crippen LogP contribution in [0.4, 0.5) is 30.7 Å². The average Bonchev–Trinajstić information content (AvgIpc) is 3.49. The van der Waals surface area contributed by atoms with Crippen LogP contribution in [0.2, 0.25) is 0 Å². The van der Waals surface area contributed by atoms with Crippen LogP contribution in [0.25, 0.3) is 0 Å². The Morgan fingerprint density at radius 3 is 1.49 bits per heavy atom. The summed E-state index contributed by atoms with van der Waals surface area (Å²) in [5.74, 6) is -1.04. The quantitative estimate of drug-likeness (QED) is 0.326. The van der Waals surface area contributed by atoms with Crippen LogP contribution in [0, 0.1) is 28.5 Å². The van der Waals surface area contributed by atoms with E-state index in [1.54, 1.807) is 13.8 Å². The first-order valence-electron chi connectivity index (χ1n) is 12.5. The summed E-state index contributed by atoms with van der Waals surface area (Å²) in [5, 5.41) is 42.9. The third kappa shape index (κ3) is 16.7. The van der Waals surface area contributed by atoms with Gasteiger partial charge in [0.15, 0.2) is 0 Å². The minimum absolute atomic E-state index is 0. The molecule has 4 atom stereocenters. The van der Waals surface area contributed by atoms with Gasteiger partial charge < -0.3 is 24.8 Å². The molecule has 1 fully saturated rings. The first-order valence-corrected chi connectivity index (χ1v) is 12.5. The summed E-state index contributed by atoms with van der Waals surface area (Å²) in [6, 6.07) is 7.82. The minimum atomic E-state index is -4.69. The van der Waals surface area contributed by atoms with Crippen molar-refractivity contribution in [3.63, 3.8) is 0 Å². The second-order valence-corrected chi connectivity index (χ2v) is 8.98. The van der Waals surface area contributed by atoms with Crippen molar-refractivity contribution in [3.05, 3.63) is 64.5 Å². The summed E-state index contributed by atoms with van der Waals surface area (Å²) in [5.41, 5.74) is -3.32. The number of alkyl halides is 6. The number of ether oxygens (including phenoxy) is 2. The van der Waals surface area contributed by atoms with E-state index in [0.29, 0.717) is 6.07 Å². The number of aliphatic hydroxyl groups is 3. The Morgan fingerprint density at radius 2 is 1.16 bits per heavy atom. The number of hydrogen-bond donors (Lipinski definition) is 3. The molecule has 0 bridgehead atoms. The van der Waals surface area contributed by atoms with E-state index in [4.69, 9.17) is 30.2 Å². The largest absolute Gasteiger partial charge is 0.488 e. The fraction of sp³-hybridized carbons (Fsp3) is 0.517. The lowest BCUT2D eigenvalue weighted by Gasteiger charge is -2.18. The Bertz CT molecular complexity index is 1150. The molecular weight excluding hydrogens is 589 g/mol. The molecule has 2 aromatic carbocycles. The Balaban J connectivity index is 0. The zero-order valence-corrected chi connectivity index (χ0v) is 23.3. The molecule has 3 N–H and O–H groups in total. The van der Waals surface area contributed by atoms with Gasteiger partial charge in [0.05, 0.1) is 52.7 Å². The molecule has 2 aromatic rings. The average molecular weight is 627 g/mol. The van der Waals surface area contributed by atoms with E-state index in [1.807, 2.05) is 0 Å². The smallest absolute Gasteiger partial charge is 0.417 e. The third-order valence-electron chi connectivity index (χ3n) is 5.35. The number of nitriles is 2. The zero-order chi connectivity index (χ0) is 32.7. The lowest BCUT2D eigenvalue weighted by molar-refractivity contribution is -0.138. The van der Waals surface area contributed by atoms with Crippen molar-refractivity contribution in [2.24, 2.45) is 0 Å². The van der Waals surface area contributed by atoms with E-state index in [1.165, 1.54) is 44.9 Å². The van der Waals surface area contributed by atoms with Crippen molar-refractivity contribution < 1.29 is 55.5 Å². The molecule has 1 heterocycles. The molecule has 1 aliphatic heterocycles. The fourth-order valence-electron chi connectivity index (χ4n) is 2.60. The standard InChI is InChI=1S/C12H12F3NO2.C8H3F4N.C4H10O2.C4H8O.CH4/c1-7(17)8(2)18-10-4-3-9(6-16)11(5-10)12(13,14)15;9-6-2-1-5(4-13)7(3-6)8(10,11)12;1-3(5)4(2)6;1-2-4-5-3-1;/h3-5,7-8,17H,1-2H3;1-3H;3-6H,1-2H3;1-4H2;1H4/t7-,8-;;3-,4-;;/m0.0../s1. The first kappa shape index (κ1) is 41.7. The van der Waals surface area contributed by atoms with Crippen molar-refractivity contribution in [2.75, 3.05) is 13.2 Å². The highest BCUT2D eigenvalue weighted by Gasteiger charge is 2.35. The Labute approximate surface area is 246 Å². The summed E-state index contributed by atoms with van der Waals surface area (Å²) in [6.07, 6.45) is -9.38. The molecule has 0 amide bonds. The topological polar surface area (TPSA) is 127 Å². The predicted octanol–water partition coefficient (Wildman–Crippen LogP) is 6.62. The number of rotatable bonds is 4. The summed E-state index contributed by atoms with van der Waals surface area (Å²) in [7, 11) is 0. The third-order valence-corrected chi connectivity index (χ3v) is 5.35. The van der Waals surface area contributed by atoms with E-state index in [0.717, 1.165) is 37.5 Å². The minimum Gasteiger partial charge on any atom is -0.488 e. The van der Waals surface area contributed by atoms with Crippen LogP contribution in [0.5, 0.6) is 5.75 Å². The number of halogens is 7. The van der Waals surface area contributed by atoms with Crippen LogP contribution in [-0.2, 0) is 17.1 Å². The van der Waals surface area contributed by atoms with Crippen molar-refractivity contribution in [2.45, 2.75) is 84.7 Å². The Hall–Kier alpha value is -3.43. The van der Waals surface area contributed by atoms with Gasteiger partial charge in [0.1, 0.15) is 17.7 Å². The molecule has 0 aliphatic carbocycles. The molecule has 14 heteroatoms. The van der Waals surface area contributed by atoms with Gasteiger partial charge in [-0.2, -0.15) is 36.9 Å². The molecule has 1 saturated heterocycles. The summed E-state index contributed by atoms with van der Waals surface area (Å²) >= 11 is 0. The molecule has 1 aliphatic rings. The molecule has 0 aromatic heterocycles. The summed E-state index contributed by atoms with van der Waals surface area (Å²) in [4.78, 5) is 0. The Morgan fingerprint density at radius 1 is 0.744 bits per heavy atom. The second-order valence-electron chi connectivity index (χ2n) is 8.98. The first-order chi connectivity index (χ1) is 19.3. The van der Waals surface area contributed by atoms with Crippen LogP contribution in [0.15, 0.2) is 36.4 Å². The fourth-order valence-corrected chi connectivity index (χ4v) is 2.60. The van der Waals surface area contributed by atoms with E-state index >= 15 is 0 Å². The molecule has 242 valence electrons. The highest BCUT2D eigenvalue weighted by Crippen LogP contribution is 2.34. The number of nitrogens with zero attached hydrogens (tertiary/aromatic N) is 2. The lowest BCUT2D eigenvalue weighted by Crippen LogP contribution is -2.25. The highest BCUT2D eigenvalue weighted by atomic mass is 19.4. The SMILES string of the molecule is C.C1CCOC1.C[C@H](O)[C@H](C)O.C[C@H](O)[C@H](C)Oc1ccc(C#N)c(C(F)(F)F)c1.N#Cc1ccc(F)cc1C(F)(F)F. The maximum Gasteiger partial charge on any atom is 0.417 e. The van der Waals surface area contributed by atoms with Crippen LogP contribution in [-0.4, -0.2) is 52.9 Å². The van der Waals surface area contributed by atoms with E-state index in [2.05, 4.69) is 0 Å². The highest BCUT2D eigenvalue weighted by molar-refractivity contribution is 5.44. The van der Waals surface area contributed by atoms with Gasteiger partial charge in [-0.05, 0) is 76.9 Å². The number of benzene rings is 2. The molecule has 0 saturated carbocycles. The van der Waals surface area contributed by atoms with E-state index < -0.39 is 64.8 Å². The van der Waals surface area contributed by atoms with E-state index in [9.17, 15) is 35.8 Å². The monoisotopic (exact) mass is 626 g/mol. The molecule has 0 unspecified atom stereocenters. The van der Waals surface area contributed by atoms with Gasteiger partial charge in [0, 0.05) is 13.2 Å². The molecule has 0 spiro atoms. The van der Waals surface area contributed by atoms with Crippen molar-refractivity contribution >= 4 is 0 Å². The van der Waals surface area contributed by atoms with Crippen LogP contribution < -0.4 is 4.74 Å². The maximum absolute atomic E-state index is 12.7. The van der Waals surface area contributed by atoms with Crippen molar-refractivity contribution in [1.29, 1.82) is 10.5 Å². The molecule has 7 nitrogen and oxygen atoms in total. The molecule has 3 rings (SSSR count). The number of aliphatic hydroxyl groups excluding tert-OH is 3. The van der Waals surface area contributed by atoms with Gasteiger partial charge in [-0.15, -0.1) is 0 Å². The van der Waals surface area contributed by atoms with Gasteiger partial charge >= 0.3 is 12.4 Å². The van der Waals surface area contributed by atoms with Crippen molar-refractivity contribution in [1.82, 2.24) is 0 Å². The van der Waals surface area contributed by atoms with Gasteiger partial charge in [-0.3, -0.25) is 0 Å². The van der Waals surface area contributed by atoms with Gasteiger partial charge in [0.25, 0.3) is 0 Å². The van der Waals surface area contributed by atoms with Crippen molar-refractivity contribution in [3.8, 4) is 17.9 Å². The zero-order valence-electron chi connectivity index (χ0n) is 23.3. The second kappa shape index (κ2) is 19.7. The van der Waals surface area contributed by atoms with Gasteiger partial charge in [-0.25, -0.2) is 4.39 Å². The van der Waals surface area contributed by atoms with Crippen LogP contribution in [0.3, 0.4) is 0 Å². The number of hydrogen-bond acceptors (Lipinski definition) is 7. The van der Waals surface area contributed by atoms with Gasteiger partial charge in [0.2, 0.25) is 0 Å². The predicted molar refractivity (Wildman–Crippen MR) is 144 cm³/mol. The lowest BCUT2D eigenvalue weighted by atomic mass is 10.1. The summed E-state index contributed by atoms with van der Waals surface area (Å²) < 4.78 is 96.8.